The molecule has 0 bridgehead atoms. The highest BCUT2D eigenvalue weighted by molar-refractivity contribution is 7.89. The summed E-state index contributed by atoms with van der Waals surface area (Å²) in [4.78, 5) is 30.2. The van der Waals surface area contributed by atoms with Gasteiger partial charge in [-0.05, 0) is 68.5 Å². The Morgan fingerprint density at radius 1 is 0.882 bits per heavy atom. The van der Waals surface area contributed by atoms with Crippen molar-refractivity contribution in [3.8, 4) is 0 Å². The van der Waals surface area contributed by atoms with Crippen LogP contribution in [-0.2, 0) is 10.0 Å². The molecule has 4 rings (SSSR count). The first-order valence-corrected chi connectivity index (χ1v) is 13.2. The molecule has 2 aromatic rings. The molecule has 182 valence electrons. The largest absolute Gasteiger partial charge is 0.371 e. The van der Waals surface area contributed by atoms with Crippen LogP contribution in [0.2, 0.25) is 0 Å². The number of nitrogens with one attached hydrogen (secondary N) is 1. The number of hydrogen-bond acceptors (Lipinski definition) is 5. The molecule has 2 aliphatic heterocycles. The number of carbonyl (C=O) groups is 2. The lowest BCUT2D eigenvalue weighted by molar-refractivity contribution is 0.0792. The number of rotatable bonds is 6. The summed E-state index contributed by atoms with van der Waals surface area (Å²) < 4.78 is 26.6. The molecule has 1 N–H and O–H groups in total. The minimum absolute atomic E-state index is 0.0401. The maximum Gasteiger partial charge on any atom is 0.257 e. The van der Waals surface area contributed by atoms with Crippen LogP contribution >= 0.6 is 0 Å². The van der Waals surface area contributed by atoms with E-state index in [2.05, 4.69) is 10.2 Å². The van der Waals surface area contributed by atoms with Crippen LogP contribution in [0.3, 0.4) is 0 Å². The van der Waals surface area contributed by atoms with Gasteiger partial charge in [0.2, 0.25) is 10.0 Å². The summed E-state index contributed by atoms with van der Waals surface area (Å²) in [5.41, 5.74) is 2.06. The monoisotopic (exact) mass is 484 g/mol. The molecule has 0 aromatic heterocycles. The lowest BCUT2D eigenvalue weighted by Crippen LogP contribution is -2.32. The quantitative estimate of drug-likeness (QED) is 0.679. The van der Waals surface area contributed by atoms with Crippen molar-refractivity contribution >= 4 is 33.2 Å². The molecule has 0 unspecified atom stereocenters. The van der Waals surface area contributed by atoms with Crippen LogP contribution < -0.4 is 10.2 Å². The number of piperidine rings is 1. The van der Waals surface area contributed by atoms with E-state index in [1.807, 2.05) is 4.90 Å². The molecule has 2 heterocycles. The number of benzene rings is 2. The topological polar surface area (TPSA) is 90.0 Å². The molecular formula is C25H32N4O4S. The van der Waals surface area contributed by atoms with Crippen LogP contribution in [-0.4, -0.2) is 69.7 Å². The van der Waals surface area contributed by atoms with Gasteiger partial charge in [0.1, 0.15) is 0 Å². The normalized spacial score (nSPS) is 16.7. The molecule has 0 radical (unpaired) electrons. The fourth-order valence-electron chi connectivity index (χ4n) is 4.51. The summed E-state index contributed by atoms with van der Waals surface area (Å²) in [7, 11) is -0.759. The molecule has 2 amide bonds. The second kappa shape index (κ2) is 10.1. The number of hydrogen-bond donors (Lipinski definition) is 1. The Balaban J connectivity index is 1.64. The van der Waals surface area contributed by atoms with Crippen LogP contribution in [0.25, 0.3) is 0 Å². The van der Waals surface area contributed by atoms with E-state index in [9.17, 15) is 18.0 Å². The molecule has 0 saturated carbocycles. The lowest BCUT2D eigenvalue weighted by atomic mass is 10.1. The predicted octanol–water partition coefficient (Wildman–Crippen LogP) is 3.42. The number of likely N-dealkylation sites (tertiary alicyclic amines) is 1. The van der Waals surface area contributed by atoms with Gasteiger partial charge in [0.15, 0.2) is 0 Å². The molecule has 9 heteroatoms. The third-order valence-corrected chi connectivity index (χ3v) is 8.26. The molecule has 8 nitrogen and oxygen atoms in total. The predicted molar refractivity (Wildman–Crippen MR) is 133 cm³/mol. The van der Waals surface area contributed by atoms with Crippen molar-refractivity contribution in [2.45, 2.75) is 37.0 Å². The second-order valence-corrected chi connectivity index (χ2v) is 11.2. The Morgan fingerprint density at radius 2 is 1.56 bits per heavy atom. The Labute approximate surface area is 201 Å². The summed E-state index contributed by atoms with van der Waals surface area (Å²) in [6, 6.07) is 11.7. The van der Waals surface area contributed by atoms with Crippen LogP contribution in [0.4, 0.5) is 11.4 Å². The third kappa shape index (κ3) is 5.10. The summed E-state index contributed by atoms with van der Waals surface area (Å²) in [6.07, 6.45) is 5.21. The first-order valence-electron chi connectivity index (χ1n) is 11.8. The Hall–Kier alpha value is -2.91. The van der Waals surface area contributed by atoms with Gasteiger partial charge in [-0.15, -0.1) is 0 Å². The first-order chi connectivity index (χ1) is 16.3. The van der Waals surface area contributed by atoms with E-state index in [1.165, 1.54) is 20.2 Å². The third-order valence-electron chi connectivity index (χ3n) is 6.45. The Bertz CT molecular complexity index is 1170. The number of nitrogens with zero attached hydrogens (tertiary/aromatic N) is 3. The van der Waals surface area contributed by atoms with E-state index < -0.39 is 15.9 Å². The molecule has 2 aromatic carbocycles. The molecule has 0 atom stereocenters. The van der Waals surface area contributed by atoms with E-state index in [0.717, 1.165) is 68.3 Å². The van der Waals surface area contributed by atoms with E-state index in [0.29, 0.717) is 16.8 Å². The summed E-state index contributed by atoms with van der Waals surface area (Å²) >= 11 is 0. The average molecular weight is 485 g/mol. The summed E-state index contributed by atoms with van der Waals surface area (Å²) in [5.74, 6) is -0.441. The van der Waals surface area contributed by atoms with Crippen molar-refractivity contribution in [3.63, 3.8) is 0 Å². The number of carbonyl (C=O) groups excluding carboxylic acids is 2. The van der Waals surface area contributed by atoms with Crippen molar-refractivity contribution in [2.24, 2.45) is 0 Å². The molecule has 0 spiro atoms. The molecule has 0 aliphatic carbocycles. The highest BCUT2D eigenvalue weighted by Gasteiger charge is 2.25. The van der Waals surface area contributed by atoms with Crippen molar-refractivity contribution < 1.29 is 18.0 Å². The van der Waals surface area contributed by atoms with Gasteiger partial charge in [0.25, 0.3) is 11.8 Å². The lowest BCUT2D eigenvalue weighted by Gasteiger charge is -2.30. The van der Waals surface area contributed by atoms with Crippen molar-refractivity contribution in [1.29, 1.82) is 0 Å². The van der Waals surface area contributed by atoms with E-state index >= 15 is 0 Å². The minimum atomic E-state index is -3.70. The van der Waals surface area contributed by atoms with Gasteiger partial charge < -0.3 is 15.1 Å². The molecule has 34 heavy (non-hydrogen) atoms. The highest BCUT2D eigenvalue weighted by atomic mass is 32.2. The number of anilines is 2. The van der Waals surface area contributed by atoms with E-state index in [-0.39, 0.29) is 10.8 Å². The average Bonchev–Trinajstić information content (AvgIpc) is 3.39. The van der Waals surface area contributed by atoms with Crippen LogP contribution in [0.15, 0.2) is 47.4 Å². The zero-order chi connectivity index (χ0) is 24.3. The van der Waals surface area contributed by atoms with Gasteiger partial charge in [-0.25, -0.2) is 12.7 Å². The van der Waals surface area contributed by atoms with Crippen LogP contribution in [0, 0.1) is 0 Å². The van der Waals surface area contributed by atoms with Crippen molar-refractivity contribution in [3.05, 3.63) is 53.6 Å². The zero-order valence-electron chi connectivity index (χ0n) is 19.8. The fraction of sp³-hybridized carbons (Fsp3) is 0.440. The van der Waals surface area contributed by atoms with Crippen LogP contribution in [0.5, 0.6) is 0 Å². The SMILES string of the molecule is CN(C)S(=O)(=O)c1ccc(N2CCCCC2)c(C(=O)Nc2cccc(C(=O)N3CCCC3)c2)c1. The number of sulfonamides is 1. The first kappa shape index (κ1) is 24.2. The van der Waals surface area contributed by atoms with E-state index in [1.54, 1.807) is 36.4 Å². The maximum absolute atomic E-state index is 13.4. The van der Waals surface area contributed by atoms with Crippen molar-refractivity contribution in [2.75, 3.05) is 50.5 Å². The zero-order valence-corrected chi connectivity index (χ0v) is 20.6. The molecular weight excluding hydrogens is 452 g/mol. The van der Waals surface area contributed by atoms with Crippen molar-refractivity contribution in [1.82, 2.24) is 9.21 Å². The van der Waals surface area contributed by atoms with Gasteiger partial charge in [0, 0.05) is 57.2 Å². The maximum atomic E-state index is 13.4. The van der Waals surface area contributed by atoms with Gasteiger partial charge >= 0.3 is 0 Å². The van der Waals surface area contributed by atoms with Crippen LogP contribution in [0.1, 0.15) is 52.8 Å². The number of amides is 2. The Kier molecular flexibility index (Phi) is 7.23. The summed E-state index contributed by atoms with van der Waals surface area (Å²) in [5, 5.41) is 2.89. The standard InChI is InChI=1S/C25H32N4O4S/c1-27(2)34(32,33)21-11-12-23(28-13-4-3-5-14-28)22(18-21)24(30)26-20-10-8-9-19(17-20)25(31)29-15-6-7-16-29/h8-12,17-18H,3-7,13-16H2,1-2H3,(H,26,30). The molecule has 2 fully saturated rings. The van der Waals surface area contributed by atoms with Gasteiger partial charge in [-0.1, -0.05) is 6.07 Å². The summed E-state index contributed by atoms with van der Waals surface area (Å²) in [6.45, 7) is 3.14. The fourth-order valence-corrected chi connectivity index (χ4v) is 5.44. The minimum Gasteiger partial charge on any atom is -0.371 e. The van der Waals surface area contributed by atoms with Gasteiger partial charge in [0.05, 0.1) is 10.5 Å². The van der Waals surface area contributed by atoms with Gasteiger partial charge in [-0.2, -0.15) is 0 Å². The second-order valence-electron chi connectivity index (χ2n) is 9.05. The van der Waals surface area contributed by atoms with Gasteiger partial charge in [-0.3, -0.25) is 9.59 Å². The smallest absolute Gasteiger partial charge is 0.257 e. The Morgan fingerprint density at radius 3 is 2.24 bits per heavy atom. The van der Waals surface area contributed by atoms with E-state index in [4.69, 9.17) is 0 Å². The molecule has 2 aliphatic rings. The molecule has 2 saturated heterocycles. The highest BCUT2D eigenvalue weighted by Crippen LogP contribution is 2.29.